The van der Waals surface area contributed by atoms with Gasteiger partial charge in [-0.3, -0.25) is 0 Å². The molecule has 84 valence electrons. The maximum Gasteiger partial charge on any atom is 0.0968 e. The van der Waals surface area contributed by atoms with Gasteiger partial charge in [-0.15, -0.1) is 11.8 Å². The average Bonchev–Trinajstić information content (AvgIpc) is 2.34. The van der Waals surface area contributed by atoms with Crippen LogP contribution in [0.5, 0.6) is 0 Å². The number of para-hydroxylation sites is 1. The van der Waals surface area contributed by atoms with Crippen LogP contribution in [0.4, 0.5) is 0 Å². The molecular weight excluding hydrogens is 218 g/mol. The summed E-state index contributed by atoms with van der Waals surface area (Å²) in [5.41, 5.74) is 1.06. The number of nitrogens with zero attached hydrogens (tertiary/aromatic N) is 1. The molecule has 1 aromatic heterocycles. The minimum atomic E-state index is 0.783. The topological polar surface area (TPSA) is 22.1 Å². The molecule has 2 rings (SSSR count). The van der Waals surface area contributed by atoms with Crippen molar-refractivity contribution < 1.29 is 4.74 Å². The van der Waals surface area contributed by atoms with E-state index in [1.807, 2.05) is 25.1 Å². The van der Waals surface area contributed by atoms with Crippen LogP contribution in [0.15, 0.2) is 41.4 Å². The summed E-state index contributed by atoms with van der Waals surface area (Å²) < 4.78 is 5.29. The SMILES string of the molecule is CCOCCSc1ccc2ccccc2n1. The number of pyridine rings is 1. The van der Waals surface area contributed by atoms with Crippen LogP contribution in [0.1, 0.15) is 6.92 Å². The summed E-state index contributed by atoms with van der Waals surface area (Å²) in [7, 11) is 0. The van der Waals surface area contributed by atoms with Crippen molar-refractivity contribution in [2.45, 2.75) is 11.9 Å². The van der Waals surface area contributed by atoms with E-state index in [-0.39, 0.29) is 0 Å². The largest absolute Gasteiger partial charge is 0.381 e. The van der Waals surface area contributed by atoms with Gasteiger partial charge in [0.25, 0.3) is 0 Å². The standard InChI is InChI=1S/C13H15NOS/c1-2-15-9-10-16-13-8-7-11-5-3-4-6-12(11)14-13/h3-8H,2,9-10H2,1H3. The molecule has 0 bridgehead atoms. The normalized spacial score (nSPS) is 10.8. The highest BCUT2D eigenvalue weighted by Crippen LogP contribution is 2.19. The molecule has 3 heteroatoms. The first-order chi connectivity index (χ1) is 7.90. The maximum absolute atomic E-state index is 5.29. The number of hydrogen-bond acceptors (Lipinski definition) is 3. The maximum atomic E-state index is 5.29. The summed E-state index contributed by atoms with van der Waals surface area (Å²) in [6.07, 6.45) is 0. The predicted octanol–water partition coefficient (Wildman–Crippen LogP) is 3.36. The van der Waals surface area contributed by atoms with Crippen molar-refractivity contribution >= 4 is 22.7 Å². The van der Waals surface area contributed by atoms with Crippen LogP contribution >= 0.6 is 11.8 Å². The van der Waals surface area contributed by atoms with Gasteiger partial charge in [0.1, 0.15) is 0 Å². The zero-order valence-corrected chi connectivity index (χ0v) is 10.2. The van der Waals surface area contributed by atoms with Crippen LogP contribution in [0.25, 0.3) is 10.9 Å². The molecule has 0 spiro atoms. The first-order valence-corrected chi connectivity index (χ1v) is 6.45. The third-order valence-electron chi connectivity index (χ3n) is 2.25. The van der Waals surface area contributed by atoms with Gasteiger partial charge < -0.3 is 4.74 Å². The summed E-state index contributed by atoms with van der Waals surface area (Å²) in [4.78, 5) is 4.58. The fourth-order valence-electron chi connectivity index (χ4n) is 1.48. The molecule has 2 nitrogen and oxygen atoms in total. The highest BCUT2D eigenvalue weighted by atomic mass is 32.2. The van der Waals surface area contributed by atoms with E-state index in [9.17, 15) is 0 Å². The summed E-state index contributed by atoms with van der Waals surface area (Å²) in [6.45, 7) is 3.58. The van der Waals surface area contributed by atoms with Crippen molar-refractivity contribution in [1.82, 2.24) is 4.98 Å². The van der Waals surface area contributed by atoms with Crippen LogP contribution in [0.2, 0.25) is 0 Å². The van der Waals surface area contributed by atoms with E-state index in [4.69, 9.17) is 4.74 Å². The number of hydrogen-bond donors (Lipinski definition) is 0. The lowest BCUT2D eigenvalue weighted by Crippen LogP contribution is -1.96. The quantitative estimate of drug-likeness (QED) is 0.584. The van der Waals surface area contributed by atoms with Crippen LogP contribution < -0.4 is 0 Å². The van der Waals surface area contributed by atoms with Crippen LogP contribution in [-0.2, 0) is 4.74 Å². The molecule has 0 atom stereocenters. The second kappa shape index (κ2) is 5.87. The lowest BCUT2D eigenvalue weighted by atomic mass is 10.2. The van der Waals surface area contributed by atoms with Gasteiger partial charge in [0.15, 0.2) is 0 Å². The Kier molecular flexibility index (Phi) is 4.19. The molecule has 1 aromatic carbocycles. The molecule has 0 fully saturated rings. The van der Waals surface area contributed by atoms with E-state index in [0.29, 0.717) is 0 Å². The second-order valence-electron chi connectivity index (χ2n) is 3.39. The van der Waals surface area contributed by atoms with Gasteiger partial charge in [0.05, 0.1) is 17.1 Å². The molecule has 1 heterocycles. The van der Waals surface area contributed by atoms with Gasteiger partial charge in [-0.05, 0) is 19.1 Å². The van der Waals surface area contributed by atoms with E-state index >= 15 is 0 Å². The average molecular weight is 233 g/mol. The Labute approximate surface area is 100 Å². The third kappa shape index (κ3) is 2.97. The van der Waals surface area contributed by atoms with E-state index in [0.717, 1.165) is 29.5 Å². The molecule has 2 aromatic rings. The Morgan fingerprint density at radius 3 is 2.94 bits per heavy atom. The smallest absolute Gasteiger partial charge is 0.0968 e. The molecule has 0 saturated heterocycles. The molecule has 0 radical (unpaired) electrons. The minimum absolute atomic E-state index is 0.783. The van der Waals surface area contributed by atoms with Crippen molar-refractivity contribution in [3.8, 4) is 0 Å². The van der Waals surface area contributed by atoms with E-state index in [1.54, 1.807) is 11.8 Å². The van der Waals surface area contributed by atoms with Crippen molar-refractivity contribution in [3.63, 3.8) is 0 Å². The second-order valence-corrected chi connectivity index (χ2v) is 4.50. The number of ether oxygens (including phenoxy) is 1. The van der Waals surface area contributed by atoms with Crippen LogP contribution in [-0.4, -0.2) is 24.0 Å². The Bertz CT molecular complexity index is 458. The number of rotatable bonds is 5. The monoisotopic (exact) mass is 233 g/mol. The van der Waals surface area contributed by atoms with Crippen LogP contribution in [0.3, 0.4) is 0 Å². The lowest BCUT2D eigenvalue weighted by molar-refractivity contribution is 0.164. The highest BCUT2D eigenvalue weighted by molar-refractivity contribution is 7.99. The molecule has 0 aliphatic carbocycles. The van der Waals surface area contributed by atoms with E-state index in [1.165, 1.54) is 5.39 Å². The summed E-state index contributed by atoms with van der Waals surface area (Å²) in [5.74, 6) is 0.958. The summed E-state index contributed by atoms with van der Waals surface area (Å²) in [6, 6.07) is 12.4. The number of benzene rings is 1. The van der Waals surface area contributed by atoms with Gasteiger partial charge in [-0.1, -0.05) is 24.3 Å². The summed E-state index contributed by atoms with van der Waals surface area (Å²) in [5, 5.41) is 2.26. The first-order valence-electron chi connectivity index (χ1n) is 5.46. The van der Waals surface area contributed by atoms with Gasteiger partial charge >= 0.3 is 0 Å². The van der Waals surface area contributed by atoms with Gasteiger partial charge in [-0.2, -0.15) is 0 Å². The van der Waals surface area contributed by atoms with Gasteiger partial charge in [0.2, 0.25) is 0 Å². The zero-order chi connectivity index (χ0) is 11.2. The molecule has 0 N–H and O–H groups in total. The van der Waals surface area contributed by atoms with Gasteiger partial charge in [0, 0.05) is 17.7 Å². The number of thioether (sulfide) groups is 1. The van der Waals surface area contributed by atoms with Crippen molar-refractivity contribution in [1.29, 1.82) is 0 Å². The molecular formula is C13H15NOS. The fraction of sp³-hybridized carbons (Fsp3) is 0.308. The fourth-order valence-corrected chi connectivity index (χ4v) is 2.21. The molecule has 0 aliphatic rings. The summed E-state index contributed by atoms with van der Waals surface area (Å²) >= 11 is 1.74. The van der Waals surface area contributed by atoms with Crippen molar-refractivity contribution in [2.24, 2.45) is 0 Å². The zero-order valence-electron chi connectivity index (χ0n) is 9.35. The molecule has 0 unspecified atom stereocenters. The van der Waals surface area contributed by atoms with Crippen LogP contribution in [0, 0.1) is 0 Å². The third-order valence-corrected chi connectivity index (χ3v) is 3.15. The predicted molar refractivity (Wildman–Crippen MR) is 69.0 cm³/mol. The Balaban J connectivity index is 2.02. The minimum Gasteiger partial charge on any atom is -0.381 e. The van der Waals surface area contributed by atoms with Crippen molar-refractivity contribution in [3.05, 3.63) is 36.4 Å². The first kappa shape index (κ1) is 11.4. The van der Waals surface area contributed by atoms with Gasteiger partial charge in [-0.25, -0.2) is 4.98 Å². The Morgan fingerprint density at radius 2 is 2.06 bits per heavy atom. The number of fused-ring (bicyclic) bond motifs is 1. The lowest BCUT2D eigenvalue weighted by Gasteiger charge is -2.03. The molecule has 0 saturated carbocycles. The Morgan fingerprint density at radius 1 is 1.19 bits per heavy atom. The highest BCUT2D eigenvalue weighted by Gasteiger charge is 1.98. The van der Waals surface area contributed by atoms with E-state index in [2.05, 4.69) is 23.2 Å². The molecule has 0 aliphatic heterocycles. The van der Waals surface area contributed by atoms with E-state index < -0.39 is 0 Å². The molecule has 16 heavy (non-hydrogen) atoms. The Hall–Kier alpha value is -1.06. The molecule has 0 amide bonds. The number of aromatic nitrogens is 1. The van der Waals surface area contributed by atoms with Crippen molar-refractivity contribution in [2.75, 3.05) is 19.0 Å².